The molecular formula is C15H14BrClFNO. The molecule has 106 valence electrons. The van der Waals surface area contributed by atoms with Gasteiger partial charge in [-0.1, -0.05) is 41.9 Å². The molecule has 2 unspecified atom stereocenters. The Morgan fingerprint density at radius 3 is 2.45 bits per heavy atom. The lowest BCUT2D eigenvalue weighted by atomic mass is 9.89. The zero-order chi connectivity index (χ0) is 14.7. The molecule has 5 heteroatoms. The SMILES string of the molecule is NCC(c1ccccc1Cl)C(O)c1cccc(Br)c1F. The zero-order valence-corrected chi connectivity index (χ0v) is 12.9. The monoisotopic (exact) mass is 357 g/mol. The second kappa shape index (κ2) is 6.68. The van der Waals surface area contributed by atoms with E-state index >= 15 is 0 Å². The topological polar surface area (TPSA) is 46.2 Å². The second-order valence-corrected chi connectivity index (χ2v) is 5.71. The minimum atomic E-state index is -1.06. The van der Waals surface area contributed by atoms with Crippen molar-refractivity contribution in [1.29, 1.82) is 0 Å². The molecule has 0 saturated heterocycles. The van der Waals surface area contributed by atoms with E-state index < -0.39 is 17.8 Å². The van der Waals surface area contributed by atoms with Gasteiger partial charge in [-0.15, -0.1) is 0 Å². The highest BCUT2D eigenvalue weighted by Crippen LogP contribution is 2.36. The van der Waals surface area contributed by atoms with Crippen LogP contribution in [0.3, 0.4) is 0 Å². The predicted molar refractivity (Wildman–Crippen MR) is 82.3 cm³/mol. The molecule has 0 spiro atoms. The third-order valence-corrected chi connectivity index (χ3v) is 4.20. The molecule has 0 aliphatic heterocycles. The Morgan fingerprint density at radius 1 is 1.15 bits per heavy atom. The van der Waals surface area contributed by atoms with Crippen molar-refractivity contribution in [3.05, 3.63) is 68.9 Å². The van der Waals surface area contributed by atoms with Crippen molar-refractivity contribution in [2.75, 3.05) is 6.54 Å². The van der Waals surface area contributed by atoms with Crippen molar-refractivity contribution in [2.24, 2.45) is 5.73 Å². The highest BCUT2D eigenvalue weighted by Gasteiger charge is 2.26. The number of benzene rings is 2. The molecule has 2 aromatic rings. The summed E-state index contributed by atoms with van der Waals surface area (Å²) in [6.45, 7) is 0.164. The van der Waals surface area contributed by atoms with Crippen molar-refractivity contribution in [1.82, 2.24) is 0 Å². The molecule has 0 saturated carbocycles. The molecule has 0 heterocycles. The van der Waals surface area contributed by atoms with E-state index in [9.17, 15) is 9.50 Å². The number of rotatable bonds is 4. The fourth-order valence-electron chi connectivity index (χ4n) is 2.17. The van der Waals surface area contributed by atoms with Gasteiger partial charge < -0.3 is 10.8 Å². The van der Waals surface area contributed by atoms with Crippen molar-refractivity contribution in [3.63, 3.8) is 0 Å². The van der Waals surface area contributed by atoms with E-state index in [1.807, 2.05) is 6.07 Å². The highest BCUT2D eigenvalue weighted by molar-refractivity contribution is 9.10. The molecule has 3 N–H and O–H groups in total. The van der Waals surface area contributed by atoms with Crippen molar-refractivity contribution in [3.8, 4) is 0 Å². The molecule has 20 heavy (non-hydrogen) atoms. The largest absolute Gasteiger partial charge is 0.388 e. The molecular weight excluding hydrogens is 345 g/mol. The minimum absolute atomic E-state index is 0.164. The number of hydrogen-bond acceptors (Lipinski definition) is 2. The van der Waals surface area contributed by atoms with Crippen LogP contribution in [-0.4, -0.2) is 11.7 Å². The maximum absolute atomic E-state index is 14.1. The minimum Gasteiger partial charge on any atom is -0.388 e. The van der Waals surface area contributed by atoms with E-state index in [0.29, 0.717) is 15.1 Å². The first-order valence-electron chi connectivity index (χ1n) is 6.12. The lowest BCUT2D eigenvalue weighted by molar-refractivity contribution is 0.143. The maximum atomic E-state index is 14.1. The van der Waals surface area contributed by atoms with E-state index in [2.05, 4.69) is 15.9 Å². The third-order valence-electron chi connectivity index (χ3n) is 3.24. The zero-order valence-electron chi connectivity index (χ0n) is 10.6. The van der Waals surface area contributed by atoms with Crippen LogP contribution in [0.5, 0.6) is 0 Å². The molecule has 0 bridgehead atoms. The van der Waals surface area contributed by atoms with E-state index in [1.165, 1.54) is 0 Å². The number of aliphatic hydroxyl groups is 1. The van der Waals surface area contributed by atoms with Gasteiger partial charge in [0.2, 0.25) is 0 Å². The Bertz CT molecular complexity index is 608. The first-order chi connectivity index (χ1) is 9.56. The summed E-state index contributed by atoms with van der Waals surface area (Å²) in [5.41, 5.74) is 6.66. The van der Waals surface area contributed by atoms with Gasteiger partial charge in [0.25, 0.3) is 0 Å². The predicted octanol–water partition coefficient (Wildman–Crippen LogP) is 4.02. The third kappa shape index (κ3) is 3.04. The van der Waals surface area contributed by atoms with Gasteiger partial charge in [-0.3, -0.25) is 0 Å². The Hall–Kier alpha value is -0.940. The normalized spacial score (nSPS) is 14.1. The Balaban J connectivity index is 2.42. The molecule has 0 aliphatic carbocycles. The van der Waals surface area contributed by atoms with Gasteiger partial charge in [0.15, 0.2) is 0 Å². The molecule has 2 aromatic carbocycles. The number of halogens is 3. The van der Waals surface area contributed by atoms with Gasteiger partial charge in [-0.05, 0) is 33.6 Å². The van der Waals surface area contributed by atoms with Gasteiger partial charge in [-0.25, -0.2) is 4.39 Å². The lowest BCUT2D eigenvalue weighted by Crippen LogP contribution is -2.21. The molecule has 0 radical (unpaired) electrons. The van der Waals surface area contributed by atoms with Gasteiger partial charge in [0, 0.05) is 23.0 Å². The molecule has 0 aromatic heterocycles. The summed E-state index contributed by atoms with van der Waals surface area (Å²) >= 11 is 9.24. The summed E-state index contributed by atoms with van der Waals surface area (Å²) < 4.78 is 14.4. The summed E-state index contributed by atoms with van der Waals surface area (Å²) in [6.07, 6.45) is -1.06. The maximum Gasteiger partial charge on any atom is 0.143 e. The Kier molecular flexibility index (Phi) is 5.16. The van der Waals surface area contributed by atoms with E-state index in [1.54, 1.807) is 36.4 Å². The van der Waals surface area contributed by atoms with Crippen molar-refractivity contribution < 1.29 is 9.50 Å². The van der Waals surface area contributed by atoms with Crippen LogP contribution < -0.4 is 5.73 Å². The van der Waals surface area contributed by atoms with Crippen molar-refractivity contribution in [2.45, 2.75) is 12.0 Å². The summed E-state index contributed by atoms with van der Waals surface area (Å²) in [7, 11) is 0. The van der Waals surface area contributed by atoms with E-state index in [-0.39, 0.29) is 12.1 Å². The average molecular weight is 359 g/mol. The summed E-state index contributed by atoms with van der Waals surface area (Å²) in [5.74, 6) is -0.946. The number of nitrogens with two attached hydrogens (primary N) is 1. The average Bonchev–Trinajstić information content (AvgIpc) is 2.44. The Morgan fingerprint density at radius 2 is 1.80 bits per heavy atom. The van der Waals surface area contributed by atoms with Crippen LogP contribution in [-0.2, 0) is 0 Å². The highest BCUT2D eigenvalue weighted by atomic mass is 79.9. The second-order valence-electron chi connectivity index (χ2n) is 4.45. The summed E-state index contributed by atoms with van der Waals surface area (Å²) in [6, 6.07) is 11.9. The van der Waals surface area contributed by atoms with Crippen LogP contribution in [0.1, 0.15) is 23.1 Å². The summed E-state index contributed by atoms with van der Waals surface area (Å²) in [4.78, 5) is 0. The Labute approximate surface area is 130 Å². The van der Waals surface area contributed by atoms with Gasteiger partial charge in [0.1, 0.15) is 5.82 Å². The molecule has 0 amide bonds. The van der Waals surface area contributed by atoms with Crippen LogP contribution in [0.2, 0.25) is 5.02 Å². The van der Waals surface area contributed by atoms with Crippen molar-refractivity contribution >= 4 is 27.5 Å². The van der Waals surface area contributed by atoms with Crippen LogP contribution >= 0.6 is 27.5 Å². The molecule has 0 aliphatic rings. The fourth-order valence-corrected chi connectivity index (χ4v) is 2.82. The standard InChI is InChI=1S/C15H14BrClFNO/c16-12-6-3-5-10(14(12)18)15(20)11(8-19)9-4-1-2-7-13(9)17/h1-7,11,15,20H,8,19H2. The smallest absolute Gasteiger partial charge is 0.143 e. The van der Waals surface area contributed by atoms with Crippen LogP contribution in [0, 0.1) is 5.82 Å². The molecule has 2 rings (SSSR count). The fraction of sp³-hybridized carbons (Fsp3) is 0.200. The summed E-state index contributed by atoms with van der Waals surface area (Å²) in [5, 5.41) is 11.0. The van der Waals surface area contributed by atoms with Gasteiger partial charge in [0.05, 0.1) is 10.6 Å². The first-order valence-corrected chi connectivity index (χ1v) is 7.29. The van der Waals surface area contributed by atoms with Gasteiger partial charge in [-0.2, -0.15) is 0 Å². The number of hydrogen-bond donors (Lipinski definition) is 2. The van der Waals surface area contributed by atoms with E-state index in [4.69, 9.17) is 17.3 Å². The van der Waals surface area contributed by atoms with Crippen LogP contribution in [0.25, 0.3) is 0 Å². The quantitative estimate of drug-likeness (QED) is 0.867. The lowest BCUT2D eigenvalue weighted by Gasteiger charge is -2.23. The molecule has 0 fully saturated rings. The number of aliphatic hydroxyl groups excluding tert-OH is 1. The van der Waals surface area contributed by atoms with Gasteiger partial charge >= 0.3 is 0 Å². The molecule has 2 nitrogen and oxygen atoms in total. The molecule has 2 atom stereocenters. The van der Waals surface area contributed by atoms with Crippen LogP contribution in [0.4, 0.5) is 4.39 Å². The van der Waals surface area contributed by atoms with Crippen LogP contribution in [0.15, 0.2) is 46.9 Å². The first kappa shape index (κ1) is 15.4. The van der Waals surface area contributed by atoms with E-state index in [0.717, 1.165) is 0 Å².